The normalized spacial score (nSPS) is 14.7. The molecule has 1 heterocycles. The Bertz CT molecular complexity index is 646. The van der Waals surface area contributed by atoms with E-state index in [1.165, 1.54) is 17.0 Å². The largest absolute Gasteiger partial charge is 0.357 e. The first-order chi connectivity index (χ1) is 12.0. The minimum atomic E-state index is -0.361. The summed E-state index contributed by atoms with van der Waals surface area (Å²) in [6, 6.07) is 4.38. The van der Waals surface area contributed by atoms with E-state index in [9.17, 15) is 14.0 Å². The van der Waals surface area contributed by atoms with E-state index in [-0.39, 0.29) is 30.8 Å². The van der Waals surface area contributed by atoms with Crippen molar-refractivity contribution in [3.63, 3.8) is 0 Å². The van der Waals surface area contributed by atoms with Crippen molar-refractivity contribution in [2.75, 3.05) is 32.7 Å². The number of imide groups is 1. The molecule has 1 saturated heterocycles. The number of guanidine groups is 1. The van der Waals surface area contributed by atoms with Crippen molar-refractivity contribution in [2.24, 2.45) is 4.99 Å². The van der Waals surface area contributed by atoms with Crippen LogP contribution in [0.2, 0.25) is 0 Å². The van der Waals surface area contributed by atoms with Crippen molar-refractivity contribution in [3.8, 4) is 0 Å². The number of aliphatic imine (C=N–C) groups is 1. The van der Waals surface area contributed by atoms with Crippen molar-refractivity contribution in [1.29, 1.82) is 0 Å². The topological polar surface area (TPSA) is 85.8 Å². The van der Waals surface area contributed by atoms with Gasteiger partial charge in [0.15, 0.2) is 5.96 Å². The van der Waals surface area contributed by atoms with Gasteiger partial charge >= 0.3 is 6.03 Å². The molecule has 0 atom stereocenters. The third-order valence-corrected chi connectivity index (χ3v) is 3.86. The van der Waals surface area contributed by atoms with E-state index in [1.807, 2.05) is 13.8 Å². The quantitative estimate of drug-likeness (QED) is 0.386. The Balaban J connectivity index is 1.83. The summed E-state index contributed by atoms with van der Waals surface area (Å²) >= 11 is 0. The first-order valence-corrected chi connectivity index (χ1v) is 8.36. The number of rotatable bonds is 7. The molecule has 7 nitrogen and oxygen atoms in total. The fourth-order valence-electron chi connectivity index (χ4n) is 2.54. The van der Waals surface area contributed by atoms with Crippen LogP contribution in [0.15, 0.2) is 23.2 Å². The Morgan fingerprint density at radius 1 is 1.36 bits per heavy atom. The van der Waals surface area contributed by atoms with Crippen molar-refractivity contribution in [1.82, 2.24) is 20.9 Å². The summed E-state index contributed by atoms with van der Waals surface area (Å²) in [4.78, 5) is 28.6. The first kappa shape index (κ1) is 18.7. The van der Waals surface area contributed by atoms with E-state index in [0.717, 1.165) is 11.1 Å². The molecule has 0 aromatic heterocycles. The van der Waals surface area contributed by atoms with Gasteiger partial charge in [-0.15, -0.1) is 0 Å². The summed E-state index contributed by atoms with van der Waals surface area (Å²) in [6.45, 7) is 5.84. The number of hydrogen-bond acceptors (Lipinski definition) is 3. The number of nitrogens with zero attached hydrogens (tertiary/aromatic N) is 2. The van der Waals surface area contributed by atoms with Crippen LogP contribution in [-0.4, -0.2) is 55.5 Å². The van der Waals surface area contributed by atoms with Gasteiger partial charge in [0, 0.05) is 26.2 Å². The zero-order chi connectivity index (χ0) is 18.2. The van der Waals surface area contributed by atoms with Crippen LogP contribution in [0.1, 0.15) is 18.1 Å². The van der Waals surface area contributed by atoms with Crippen LogP contribution in [0, 0.1) is 12.7 Å². The van der Waals surface area contributed by atoms with Crippen molar-refractivity contribution in [3.05, 3.63) is 35.1 Å². The molecule has 0 saturated carbocycles. The molecular formula is C17H24FN5O2. The second-order valence-electron chi connectivity index (χ2n) is 5.71. The molecule has 0 bridgehead atoms. The minimum Gasteiger partial charge on any atom is -0.357 e. The Morgan fingerprint density at radius 3 is 2.80 bits per heavy atom. The Hall–Kier alpha value is -2.64. The van der Waals surface area contributed by atoms with Gasteiger partial charge in [0.05, 0.1) is 6.54 Å². The third-order valence-electron chi connectivity index (χ3n) is 3.86. The average molecular weight is 349 g/mol. The molecule has 0 unspecified atom stereocenters. The maximum Gasteiger partial charge on any atom is 0.324 e. The van der Waals surface area contributed by atoms with Crippen LogP contribution in [0.25, 0.3) is 0 Å². The highest BCUT2D eigenvalue weighted by Gasteiger charge is 2.27. The van der Waals surface area contributed by atoms with Gasteiger partial charge in [0.25, 0.3) is 0 Å². The maximum atomic E-state index is 13.1. The lowest BCUT2D eigenvalue weighted by atomic mass is 10.1. The molecule has 25 heavy (non-hydrogen) atoms. The Labute approximate surface area is 146 Å². The summed E-state index contributed by atoms with van der Waals surface area (Å²) in [5.74, 6) is 0.162. The zero-order valence-corrected chi connectivity index (χ0v) is 14.6. The molecule has 136 valence electrons. The van der Waals surface area contributed by atoms with Gasteiger partial charge in [0.2, 0.25) is 5.91 Å². The Kier molecular flexibility index (Phi) is 6.73. The predicted molar refractivity (Wildman–Crippen MR) is 93.9 cm³/mol. The highest BCUT2D eigenvalue weighted by Crippen LogP contribution is 2.10. The number of halogens is 1. The maximum absolute atomic E-state index is 13.1. The predicted octanol–water partition coefficient (Wildman–Crippen LogP) is 0.784. The lowest BCUT2D eigenvalue weighted by Crippen LogP contribution is -2.43. The fraction of sp³-hybridized carbons (Fsp3) is 0.471. The second-order valence-corrected chi connectivity index (χ2v) is 5.71. The van der Waals surface area contributed by atoms with Gasteiger partial charge in [-0.25, -0.2) is 9.18 Å². The molecule has 1 aliphatic rings. The zero-order valence-electron chi connectivity index (χ0n) is 14.6. The summed E-state index contributed by atoms with van der Waals surface area (Å²) in [7, 11) is 0. The number of carbonyl (C=O) groups is 2. The minimum absolute atomic E-state index is 0.0595. The van der Waals surface area contributed by atoms with Gasteiger partial charge in [-0.2, -0.15) is 0 Å². The molecule has 8 heteroatoms. The number of aryl methyl sites for hydroxylation is 1. The highest BCUT2D eigenvalue weighted by molar-refractivity contribution is 6.01. The van der Waals surface area contributed by atoms with E-state index in [1.54, 1.807) is 6.07 Å². The van der Waals surface area contributed by atoms with Crippen LogP contribution >= 0.6 is 0 Å². The van der Waals surface area contributed by atoms with Crippen LogP contribution in [0.3, 0.4) is 0 Å². The number of benzene rings is 1. The van der Waals surface area contributed by atoms with E-state index in [4.69, 9.17) is 0 Å². The Morgan fingerprint density at radius 2 is 2.16 bits per heavy atom. The third kappa shape index (κ3) is 5.44. The second kappa shape index (κ2) is 9.00. The van der Waals surface area contributed by atoms with Crippen molar-refractivity contribution < 1.29 is 14.0 Å². The number of hydrogen-bond donors (Lipinski definition) is 3. The molecule has 1 aromatic carbocycles. The van der Waals surface area contributed by atoms with Crippen molar-refractivity contribution >= 4 is 17.9 Å². The molecule has 3 N–H and O–H groups in total. The first-order valence-electron chi connectivity index (χ1n) is 8.36. The molecular weight excluding hydrogens is 325 g/mol. The van der Waals surface area contributed by atoms with Crippen LogP contribution < -0.4 is 16.0 Å². The molecule has 0 aliphatic carbocycles. The standard InChI is InChI=1S/C17H24FN5O2/c1-3-19-16(21-8-9-23-15(24)11-22-17(23)25)20-7-6-13-4-5-14(18)10-12(13)2/h4-5,10H,3,6-9,11H2,1-2H3,(H,22,25)(H2,19,20,21). The van der Waals surface area contributed by atoms with Gasteiger partial charge < -0.3 is 16.0 Å². The molecule has 0 spiro atoms. The van der Waals surface area contributed by atoms with E-state index >= 15 is 0 Å². The molecule has 0 radical (unpaired) electrons. The summed E-state index contributed by atoms with van der Waals surface area (Å²) in [5.41, 5.74) is 1.96. The number of nitrogens with one attached hydrogen (secondary N) is 3. The lowest BCUT2D eigenvalue weighted by molar-refractivity contribution is -0.124. The van der Waals surface area contributed by atoms with Crippen LogP contribution in [0.4, 0.5) is 9.18 Å². The van der Waals surface area contributed by atoms with Gasteiger partial charge in [-0.05, 0) is 43.5 Å². The monoisotopic (exact) mass is 349 g/mol. The summed E-state index contributed by atoms with van der Waals surface area (Å²) in [5, 5.41) is 8.70. The van der Waals surface area contributed by atoms with E-state index < -0.39 is 0 Å². The van der Waals surface area contributed by atoms with E-state index in [2.05, 4.69) is 20.9 Å². The SMILES string of the molecule is CCNC(=NCCc1ccc(F)cc1C)NCCN1C(=O)CNC1=O. The van der Waals surface area contributed by atoms with Gasteiger partial charge in [-0.3, -0.25) is 14.7 Å². The lowest BCUT2D eigenvalue weighted by Gasteiger charge is -2.15. The number of carbonyl (C=O) groups excluding carboxylic acids is 2. The van der Waals surface area contributed by atoms with Gasteiger partial charge in [0.1, 0.15) is 5.82 Å². The van der Waals surface area contributed by atoms with Crippen molar-refractivity contribution in [2.45, 2.75) is 20.3 Å². The van der Waals surface area contributed by atoms with Gasteiger partial charge in [-0.1, -0.05) is 6.07 Å². The van der Waals surface area contributed by atoms with Crippen LogP contribution in [-0.2, 0) is 11.2 Å². The number of urea groups is 1. The highest BCUT2D eigenvalue weighted by atomic mass is 19.1. The number of amides is 3. The molecule has 1 fully saturated rings. The molecule has 1 aromatic rings. The van der Waals surface area contributed by atoms with E-state index in [0.29, 0.717) is 32.0 Å². The molecule has 3 amide bonds. The smallest absolute Gasteiger partial charge is 0.324 e. The summed E-state index contributed by atoms with van der Waals surface area (Å²) in [6.07, 6.45) is 0.704. The fourth-order valence-corrected chi connectivity index (χ4v) is 2.54. The molecule has 1 aliphatic heterocycles. The average Bonchev–Trinajstić information content (AvgIpc) is 2.88. The van der Waals surface area contributed by atoms with Crippen LogP contribution in [0.5, 0.6) is 0 Å². The summed E-state index contributed by atoms with van der Waals surface area (Å²) < 4.78 is 13.1. The molecule has 2 rings (SSSR count).